The SMILES string of the molecule is COCC[NH+](CC(=O)Nc1cccc(C)c1C)CC(=O)N[C@@H]1CCCC[C@@H]1C. The first-order chi connectivity index (χ1) is 13.4. The Morgan fingerprint density at radius 2 is 1.86 bits per heavy atom. The molecule has 6 heteroatoms. The first-order valence-corrected chi connectivity index (χ1v) is 10.4. The Labute approximate surface area is 169 Å². The van der Waals surface area contributed by atoms with Crippen LogP contribution in [0, 0.1) is 19.8 Å². The molecule has 0 heterocycles. The highest BCUT2D eigenvalue weighted by atomic mass is 16.5. The number of methoxy groups -OCH3 is 1. The summed E-state index contributed by atoms with van der Waals surface area (Å²) in [4.78, 5) is 26.0. The maximum Gasteiger partial charge on any atom is 0.279 e. The van der Waals surface area contributed by atoms with E-state index in [1.807, 2.05) is 32.0 Å². The molecule has 2 amide bonds. The molecule has 2 rings (SSSR count). The highest BCUT2D eigenvalue weighted by Gasteiger charge is 2.25. The number of carbonyl (C=O) groups is 2. The number of anilines is 1. The lowest BCUT2D eigenvalue weighted by atomic mass is 9.86. The second kappa shape index (κ2) is 11.2. The van der Waals surface area contributed by atoms with E-state index >= 15 is 0 Å². The number of ether oxygens (including phenoxy) is 1. The highest BCUT2D eigenvalue weighted by Crippen LogP contribution is 2.23. The van der Waals surface area contributed by atoms with Crippen LogP contribution >= 0.6 is 0 Å². The molecule has 0 bridgehead atoms. The number of quaternary nitrogens is 1. The van der Waals surface area contributed by atoms with Gasteiger partial charge in [-0.05, 0) is 49.8 Å². The van der Waals surface area contributed by atoms with Crippen LogP contribution in [0.1, 0.15) is 43.7 Å². The van der Waals surface area contributed by atoms with Crippen molar-refractivity contribution < 1.29 is 19.2 Å². The van der Waals surface area contributed by atoms with Crippen LogP contribution in [0.3, 0.4) is 0 Å². The van der Waals surface area contributed by atoms with Gasteiger partial charge in [0.25, 0.3) is 11.8 Å². The number of benzene rings is 1. The van der Waals surface area contributed by atoms with Gasteiger partial charge in [0.1, 0.15) is 6.54 Å². The lowest BCUT2D eigenvalue weighted by Gasteiger charge is -2.30. The van der Waals surface area contributed by atoms with Gasteiger partial charge in [0.05, 0.1) is 6.61 Å². The fourth-order valence-electron chi connectivity index (χ4n) is 3.81. The van der Waals surface area contributed by atoms with Crippen molar-refractivity contribution in [1.29, 1.82) is 0 Å². The minimum absolute atomic E-state index is 0.0180. The zero-order chi connectivity index (χ0) is 20.5. The van der Waals surface area contributed by atoms with Crippen LogP contribution in [-0.2, 0) is 14.3 Å². The summed E-state index contributed by atoms with van der Waals surface area (Å²) >= 11 is 0. The molecule has 0 aliphatic heterocycles. The molecule has 1 aliphatic carbocycles. The van der Waals surface area contributed by atoms with Crippen molar-refractivity contribution >= 4 is 17.5 Å². The molecule has 3 N–H and O–H groups in total. The standard InChI is InChI=1S/C22H35N3O3/c1-16-9-7-11-20(18(16)3)24-22(27)15-25(12-13-28-4)14-21(26)23-19-10-6-5-8-17(19)2/h7,9,11,17,19H,5-6,8,10,12-15H2,1-4H3,(H,23,26)(H,24,27)/p+1/t17-,19+/m0/s1. The third-order valence-electron chi connectivity index (χ3n) is 5.82. The van der Waals surface area contributed by atoms with Crippen LogP contribution in [0.5, 0.6) is 0 Å². The molecule has 0 spiro atoms. The zero-order valence-corrected chi connectivity index (χ0v) is 17.8. The van der Waals surface area contributed by atoms with Gasteiger partial charge in [0.2, 0.25) is 0 Å². The largest absolute Gasteiger partial charge is 0.379 e. The van der Waals surface area contributed by atoms with Crippen LogP contribution in [0.4, 0.5) is 5.69 Å². The van der Waals surface area contributed by atoms with Crippen molar-refractivity contribution in [3.8, 4) is 0 Å². The minimum atomic E-state index is -0.0846. The van der Waals surface area contributed by atoms with Crippen molar-refractivity contribution in [3.05, 3.63) is 29.3 Å². The maximum atomic E-state index is 12.6. The first kappa shape index (κ1) is 22.4. The Bertz CT molecular complexity index is 662. The molecule has 1 fully saturated rings. The lowest BCUT2D eigenvalue weighted by Crippen LogP contribution is -3.14. The summed E-state index contributed by atoms with van der Waals surface area (Å²) in [6, 6.07) is 6.13. The predicted octanol–water partition coefficient (Wildman–Crippen LogP) is 1.47. The summed E-state index contributed by atoms with van der Waals surface area (Å²) in [6.07, 6.45) is 4.64. The highest BCUT2D eigenvalue weighted by molar-refractivity contribution is 5.92. The van der Waals surface area contributed by atoms with Crippen molar-refractivity contribution in [2.75, 3.05) is 38.7 Å². The van der Waals surface area contributed by atoms with E-state index in [1.165, 1.54) is 19.3 Å². The van der Waals surface area contributed by atoms with E-state index in [0.29, 0.717) is 19.1 Å². The first-order valence-electron chi connectivity index (χ1n) is 10.4. The summed E-state index contributed by atoms with van der Waals surface area (Å²) in [6.45, 7) is 7.88. The van der Waals surface area contributed by atoms with Gasteiger partial charge in [-0.3, -0.25) is 9.59 Å². The van der Waals surface area contributed by atoms with Gasteiger partial charge in [-0.2, -0.15) is 0 Å². The molecular formula is C22H36N3O3+. The average Bonchev–Trinajstić information content (AvgIpc) is 2.65. The van der Waals surface area contributed by atoms with Gasteiger partial charge in [0, 0.05) is 18.8 Å². The molecule has 28 heavy (non-hydrogen) atoms. The van der Waals surface area contributed by atoms with Crippen LogP contribution < -0.4 is 15.5 Å². The van der Waals surface area contributed by atoms with Crippen LogP contribution in [-0.4, -0.2) is 51.2 Å². The monoisotopic (exact) mass is 390 g/mol. The fourth-order valence-corrected chi connectivity index (χ4v) is 3.81. The summed E-state index contributed by atoms with van der Waals surface area (Å²) in [7, 11) is 1.64. The van der Waals surface area contributed by atoms with Crippen molar-refractivity contribution in [1.82, 2.24) is 5.32 Å². The van der Waals surface area contributed by atoms with E-state index in [4.69, 9.17) is 4.74 Å². The van der Waals surface area contributed by atoms with E-state index in [1.54, 1.807) is 7.11 Å². The summed E-state index contributed by atoms with van der Waals surface area (Å²) in [5.41, 5.74) is 3.04. The second-order valence-electron chi connectivity index (χ2n) is 8.08. The topological polar surface area (TPSA) is 71.9 Å². The van der Waals surface area contributed by atoms with E-state index in [2.05, 4.69) is 17.6 Å². The smallest absolute Gasteiger partial charge is 0.279 e. The van der Waals surface area contributed by atoms with Gasteiger partial charge >= 0.3 is 0 Å². The normalized spacial score (nSPS) is 20.4. The molecule has 1 aliphatic rings. The minimum Gasteiger partial charge on any atom is -0.379 e. The van der Waals surface area contributed by atoms with Crippen molar-refractivity contribution in [2.24, 2.45) is 5.92 Å². The Morgan fingerprint density at radius 3 is 2.57 bits per heavy atom. The number of rotatable bonds is 9. The maximum absolute atomic E-state index is 12.6. The number of hydrogen-bond acceptors (Lipinski definition) is 3. The number of aryl methyl sites for hydroxylation is 1. The van der Waals surface area contributed by atoms with E-state index < -0.39 is 0 Å². The van der Waals surface area contributed by atoms with Crippen LogP contribution in [0.2, 0.25) is 0 Å². The van der Waals surface area contributed by atoms with Gasteiger partial charge in [-0.25, -0.2) is 0 Å². The third-order valence-corrected chi connectivity index (χ3v) is 5.82. The Kier molecular flexibility index (Phi) is 8.93. The Balaban J connectivity index is 1.91. The van der Waals surface area contributed by atoms with Crippen molar-refractivity contribution in [2.45, 2.75) is 52.5 Å². The van der Waals surface area contributed by atoms with Crippen LogP contribution in [0.25, 0.3) is 0 Å². The van der Waals surface area contributed by atoms with Gasteiger partial charge in [0.15, 0.2) is 13.1 Å². The second-order valence-corrected chi connectivity index (χ2v) is 8.08. The molecule has 1 aromatic rings. The van der Waals surface area contributed by atoms with Gasteiger partial charge < -0.3 is 20.3 Å². The quantitative estimate of drug-likeness (QED) is 0.598. The number of carbonyl (C=O) groups excluding carboxylic acids is 2. The summed E-state index contributed by atoms with van der Waals surface area (Å²) < 4.78 is 5.17. The lowest BCUT2D eigenvalue weighted by molar-refractivity contribution is -0.884. The zero-order valence-electron chi connectivity index (χ0n) is 17.8. The van der Waals surface area contributed by atoms with Gasteiger partial charge in [-0.1, -0.05) is 31.9 Å². The molecular weight excluding hydrogens is 354 g/mol. The van der Waals surface area contributed by atoms with E-state index in [-0.39, 0.29) is 30.9 Å². The molecule has 0 aromatic heterocycles. The van der Waals surface area contributed by atoms with E-state index in [9.17, 15) is 9.59 Å². The third kappa shape index (κ3) is 6.91. The number of amides is 2. The number of hydrogen-bond donors (Lipinski definition) is 3. The molecule has 1 unspecified atom stereocenters. The molecule has 3 atom stereocenters. The summed E-state index contributed by atoms with van der Waals surface area (Å²) in [5, 5.41) is 6.17. The molecule has 6 nitrogen and oxygen atoms in total. The molecule has 0 radical (unpaired) electrons. The predicted molar refractivity (Wildman–Crippen MR) is 112 cm³/mol. The molecule has 1 aromatic carbocycles. The summed E-state index contributed by atoms with van der Waals surface area (Å²) in [5.74, 6) is 0.454. The molecule has 156 valence electrons. The van der Waals surface area contributed by atoms with Gasteiger partial charge in [-0.15, -0.1) is 0 Å². The van der Waals surface area contributed by atoms with Crippen molar-refractivity contribution in [3.63, 3.8) is 0 Å². The van der Waals surface area contributed by atoms with E-state index in [0.717, 1.165) is 28.1 Å². The Morgan fingerprint density at radius 1 is 1.14 bits per heavy atom. The number of nitrogens with one attached hydrogen (secondary N) is 3. The fraction of sp³-hybridized carbons (Fsp3) is 0.636. The average molecular weight is 391 g/mol. The Hall–Kier alpha value is -1.92. The molecule has 0 saturated heterocycles. The molecule has 1 saturated carbocycles. The van der Waals surface area contributed by atoms with Crippen LogP contribution in [0.15, 0.2) is 18.2 Å².